The van der Waals surface area contributed by atoms with E-state index in [1.54, 1.807) is 13.3 Å². The molecule has 2 aromatic heterocycles. The summed E-state index contributed by atoms with van der Waals surface area (Å²) in [5.41, 5.74) is 0. The normalized spacial score (nSPS) is 18.7. The molecule has 0 spiro atoms. The summed E-state index contributed by atoms with van der Waals surface area (Å²) in [5.74, 6) is 2.81. The Balaban J connectivity index is 1.43. The highest BCUT2D eigenvalue weighted by Gasteiger charge is 2.24. The molecule has 0 aromatic carbocycles. The molecule has 22 heavy (non-hydrogen) atoms. The molecule has 1 aliphatic rings. The molecule has 3 rings (SSSR count). The van der Waals surface area contributed by atoms with Gasteiger partial charge in [-0.3, -0.25) is 4.90 Å². The number of nitrogens with one attached hydrogen (secondary N) is 1. The molecule has 2 aromatic rings. The first-order chi connectivity index (χ1) is 10.8. The molecule has 1 aliphatic heterocycles. The molecule has 7 heteroatoms. The van der Waals surface area contributed by atoms with Crippen molar-refractivity contribution in [2.45, 2.75) is 19.6 Å². The molecule has 0 aliphatic carbocycles. The predicted molar refractivity (Wildman–Crippen MR) is 81.1 cm³/mol. The molecule has 0 radical (unpaired) electrons. The molecule has 1 atom stereocenters. The van der Waals surface area contributed by atoms with Gasteiger partial charge in [0.25, 0.3) is 0 Å². The van der Waals surface area contributed by atoms with Crippen molar-refractivity contribution in [3.8, 4) is 0 Å². The van der Waals surface area contributed by atoms with E-state index in [9.17, 15) is 0 Å². The van der Waals surface area contributed by atoms with Crippen LogP contribution in [0.2, 0.25) is 0 Å². The quantitative estimate of drug-likeness (QED) is 0.831. The van der Waals surface area contributed by atoms with E-state index in [0.29, 0.717) is 30.8 Å². The van der Waals surface area contributed by atoms with E-state index in [1.165, 1.54) is 6.42 Å². The van der Waals surface area contributed by atoms with Crippen molar-refractivity contribution in [2.75, 3.05) is 32.1 Å². The van der Waals surface area contributed by atoms with Gasteiger partial charge in [-0.15, -0.1) is 0 Å². The zero-order valence-corrected chi connectivity index (χ0v) is 12.7. The van der Waals surface area contributed by atoms with Gasteiger partial charge in [0.1, 0.15) is 12.4 Å². The molecule has 0 bridgehead atoms. The second-order valence-corrected chi connectivity index (χ2v) is 5.52. The monoisotopic (exact) mass is 303 g/mol. The maximum atomic E-state index is 5.24. The Morgan fingerprint density at radius 3 is 3.23 bits per heavy atom. The number of hydrogen-bond donors (Lipinski definition) is 1. The van der Waals surface area contributed by atoms with Crippen molar-refractivity contribution in [3.05, 3.63) is 36.1 Å². The summed E-state index contributed by atoms with van der Waals surface area (Å²) in [5, 5.41) is 7.27. The standard InChI is InChI=1S/C15H21N5O2/c1-21-11-14-18-15(22-19-14)10-20-7-5-12(9-20)8-17-13-4-2-3-6-16-13/h2-4,6,12H,5,7-11H2,1H3,(H,16,17)/t12-/m0/s1. The number of pyridine rings is 1. The molecule has 0 unspecified atom stereocenters. The summed E-state index contributed by atoms with van der Waals surface area (Å²) in [6.45, 7) is 4.11. The first-order valence-electron chi connectivity index (χ1n) is 7.51. The van der Waals surface area contributed by atoms with Crippen LogP contribution in [-0.4, -0.2) is 46.8 Å². The molecule has 118 valence electrons. The minimum absolute atomic E-state index is 0.389. The minimum Gasteiger partial charge on any atom is -0.377 e. The Labute approximate surface area is 129 Å². The second-order valence-electron chi connectivity index (χ2n) is 5.52. The van der Waals surface area contributed by atoms with E-state index in [0.717, 1.165) is 25.5 Å². The highest BCUT2D eigenvalue weighted by molar-refractivity contribution is 5.33. The van der Waals surface area contributed by atoms with Crippen LogP contribution in [0.1, 0.15) is 18.1 Å². The molecule has 1 N–H and O–H groups in total. The zero-order valence-electron chi connectivity index (χ0n) is 12.7. The smallest absolute Gasteiger partial charge is 0.240 e. The minimum atomic E-state index is 0.389. The average molecular weight is 303 g/mol. The third-order valence-electron chi connectivity index (χ3n) is 3.75. The van der Waals surface area contributed by atoms with Crippen LogP contribution in [0.3, 0.4) is 0 Å². The lowest BCUT2D eigenvalue weighted by atomic mass is 10.1. The van der Waals surface area contributed by atoms with Crippen molar-refractivity contribution >= 4 is 5.82 Å². The van der Waals surface area contributed by atoms with Gasteiger partial charge in [0.2, 0.25) is 5.89 Å². The predicted octanol–water partition coefficient (Wildman–Crippen LogP) is 1.54. The lowest BCUT2D eigenvalue weighted by molar-refractivity contribution is 0.174. The van der Waals surface area contributed by atoms with E-state index in [4.69, 9.17) is 9.26 Å². The molecule has 7 nitrogen and oxygen atoms in total. The molecule has 1 fully saturated rings. The Kier molecular flexibility index (Phi) is 4.97. The summed E-state index contributed by atoms with van der Waals surface area (Å²) in [7, 11) is 1.62. The van der Waals surface area contributed by atoms with Gasteiger partial charge in [-0.2, -0.15) is 4.98 Å². The van der Waals surface area contributed by atoms with E-state index in [1.807, 2.05) is 18.2 Å². The first-order valence-corrected chi connectivity index (χ1v) is 7.51. The Bertz CT molecular complexity index is 574. The van der Waals surface area contributed by atoms with Gasteiger partial charge in [-0.1, -0.05) is 11.2 Å². The lowest BCUT2D eigenvalue weighted by Gasteiger charge is -2.14. The molecular formula is C15H21N5O2. The summed E-state index contributed by atoms with van der Waals surface area (Å²) >= 11 is 0. The van der Waals surface area contributed by atoms with E-state index < -0.39 is 0 Å². The molecule has 1 saturated heterocycles. The fourth-order valence-electron chi connectivity index (χ4n) is 2.67. The van der Waals surface area contributed by atoms with Crippen LogP contribution < -0.4 is 5.32 Å². The van der Waals surface area contributed by atoms with Crippen molar-refractivity contribution in [1.29, 1.82) is 0 Å². The topological polar surface area (TPSA) is 76.3 Å². The van der Waals surface area contributed by atoms with Gasteiger partial charge >= 0.3 is 0 Å². The molecule has 0 saturated carbocycles. The number of hydrogen-bond acceptors (Lipinski definition) is 7. The molecular weight excluding hydrogens is 282 g/mol. The Morgan fingerprint density at radius 1 is 1.45 bits per heavy atom. The van der Waals surface area contributed by atoms with Crippen LogP contribution in [0.4, 0.5) is 5.82 Å². The van der Waals surface area contributed by atoms with Gasteiger partial charge < -0.3 is 14.6 Å². The summed E-state index contributed by atoms with van der Waals surface area (Å²) in [6.07, 6.45) is 2.97. The third-order valence-corrected chi connectivity index (χ3v) is 3.75. The average Bonchev–Trinajstić information content (AvgIpc) is 3.17. The van der Waals surface area contributed by atoms with Crippen molar-refractivity contribution in [3.63, 3.8) is 0 Å². The first kappa shape index (κ1) is 14.9. The van der Waals surface area contributed by atoms with Crippen LogP contribution in [0, 0.1) is 5.92 Å². The number of likely N-dealkylation sites (tertiary alicyclic amines) is 1. The van der Waals surface area contributed by atoms with Gasteiger partial charge in [0, 0.05) is 26.4 Å². The van der Waals surface area contributed by atoms with Crippen molar-refractivity contribution in [1.82, 2.24) is 20.0 Å². The number of nitrogens with zero attached hydrogens (tertiary/aromatic N) is 4. The highest BCUT2D eigenvalue weighted by atomic mass is 16.5. The number of anilines is 1. The van der Waals surface area contributed by atoms with E-state index >= 15 is 0 Å². The Hall–Kier alpha value is -1.99. The number of rotatable bonds is 7. The van der Waals surface area contributed by atoms with Crippen LogP contribution in [-0.2, 0) is 17.9 Å². The SMILES string of the molecule is COCc1noc(CN2CC[C@@H](CNc3ccccn3)C2)n1. The number of methoxy groups -OCH3 is 1. The largest absolute Gasteiger partial charge is 0.377 e. The van der Waals surface area contributed by atoms with Gasteiger partial charge in [-0.25, -0.2) is 4.98 Å². The Morgan fingerprint density at radius 2 is 2.41 bits per heavy atom. The fourth-order valence-corrected chi connectivity index (χ4v) is 2.67. The zero-order chi connectivity index (χ0) is 15.2. The third kappa shape index (κ3) is 4.02. The summed E-state index contributed by atoms with van der Waals surface area (Å²) in [6, 6.07) is 5.90. The summed E-state index contributed by atoms with van der Waals surface area (Å²) < 4.78 is 10.2. The van der Waals surface area contributed by atoms with Crippen LogP contribution >= 0.6 is 0 Å². The van der Waals surface area contributed by atoms with Crippen LogP contribution in [0.15, 0.2) is 28.9 Å². The van der Waals surface area contributed by atoms with E-state index in [-0.39, 0.29) is 0 Å². The van der Waals surface area contributed by atoms with Crippen LogP contribution in [0.5, 0.6) is 0 Å². The summed E-state index contributed by atoms with van der Waals surface area (Å²) in [4.78, 5) is 10.9. The van der Waals surface area contributed by atoms with Gasteiger partial charge in [0.15, 0.2) is 5.82 Å². The molecule has 3 heterocycles. The maximum Gasteiger partial charge on any atom is 0.240 e. The highest BCUT2D eigenvalue weighted by Crippen LogP contribution is 2.18. The van der Waals surface area contributed by atoms with Gasteiger partial charge in [0.05, 0.1) is 6.54 Å². The van der Waals surface area contributed by atoms with Crippen molar-refractivity contribution < 1.29 is 9.26 Å². The number of aromatic nitrogens is 3. The number of ether oxygens (including phenoxy) is 1. The van der Waals surface area contributed by atoms with Gasteiger partial charge in [-0.05, 0) is 31.0 Å². The van der Waals surface area contributed by atoms with Crippen molar-refractivity contribution in [2.24, 2.45) is 5.92 Å². The lowest BCUT2D eigenvalue weighted by Crippen LogP contribution is -2.23. The maximum absolute atomic E-state index is 5.24. The van der Waals surface area contributed by atoms with Crippen LogP contribution in [0.25, 0.3) is 0 Å². The molecule has 0 amide bonds. The second kappa shape index (κ2) is 7.33. The fraction of sp³-hybridized carbons (Fsp3) is 0.533. The van der Waals surface area contributed by atoms with E-state index in [2.05, 4.69) is 25.3 Å².